The van der Waals surface area contributed by atoms with Crippen LogP contribution in [0.3, 0.4) is 0 Å². The third kappa shape index (κ3) is 2.06. The van der Waals surface area contributed by atoms with Gasteiger partial charge in [0.15, 0.2) is 5.78 Å². The van der Waals surface area contributed by atoms with Crippen molar-refractivity contribution in [2.75, 3.05) is 0 Å². The number of aromatic nitrogens is 2. The van der Waals surface area contributed by atoms with Gasteiger partial charge >= 0.3 is 0 Å². The molecule has 0 N–H and O–H groups in total. The highest BCUT2D eigenvalue weighted by molar-refractivity contribution is 6.29. The summed E-state index contributed by atoms with van der Waals surface area (Å²) in [6, 6.07) is 5.84. The number of hydrogen-bond acceptors (Lipinski definition) is 3. The van der Waals surface area contributed by atoms with Crippen LogP contribution in [-0.2, 0) is 0 Å². The molecule has 2 rings (SSSR count). The highest BCUT2D eigenvalue weighted by atomic mass is 35.5. The van der Waals surface area contributed by atoms with Gasteiger partial charge in [0.25, 0.3) is 0 Å². The van der Waals surface area contributed by atoms with E-state index in [1.807, 2.05) is 0 Å². The Bertz CT molecular complexity index is 528. The van der Waals surface area contributed by atoms with Gasteiger partial charge in [-0.05, 0) is 24.3 Å². The average molecular weight is 237 g/mol. The minimum atomic E-state index is -0.789. The zero-order valence-electron chi connectivity index (χ0n) is 8.02. The van der Waals surface area contributed by atoms with Crippen molar-refractivity contribution in [3.63, 3.8) is 0 Å². The SMILES string of the molecule is O=C(c1ccc(Cl)nc1)c1cccnc1F. The third-order valence-corrected chi connectivity index (χ3v) is 2.22. The van der Waals surface area contributed by atoms with Crippen molar-refractivity contribution in [2.45, 2.75) is 0 Å². The summed E-state index contributed by atoms with van der Waals surface area (Å²) in [6.07, 6.45) is 2.59. The van der Waals surface area contributed by atoms with Gasteiger partial charge in [0.05, 0.1) is 5.56 Å². The van der Waals surface area contributed by atoms with Crippen LogP contribution in [0.15, 0.2) is 36.7 Å². The first-order chi connectivity index (χ1) is 7.68. The molecule has 80 valence electrons. The summed E-state index contributed by atoms with van der Waals surface area (Å²) in [5.41, 5.74) is 0.197. The van der Waals surface area contributed by atoms with E-state index in [2.05, 4.69) is 9.97 Å². The molecular weight excluding hydrogens is 231 g/mol. The predicted molar refractivity (Wildman–Crippen MR) is 56.9 cm³/mol. The minimum Gasteiger partial charge on any atom is -0.288 e. The number of halogens is 2. The molecule has 0 aliphatic carbocycles. The highest BCUT2D eigenvalue weighted by Crippen LogP contribution is 2.12. The standard InChI is InChI=1S/C11H6ClFN2O/c12-9-4-3-7(6-15-9)10(16)8-2-1-5-14-11(8)13/h1-6H. The first kappa shape index (κ1) is 10.7. The molecule has 0 fully saturated rings. The van der Waals surface area contributed by atoms with Crippen LogP contribution in [0.5, 0.6) is 0 Å². The molecular formula is C11H6ClFN2O. The summed E-state index contributed by atoms with van der Waals surface area (Å²) in [6.45, 7) is 0. The Kier molecular flexibility index (Phi) is 2.92. The van der Waals surface area contributed by atoms with Crippen molar-refractivity contribution < 1.29 is 9.18 Å². The monoisotopic (exact) mass is 236 g/mol. The van der Waals surface area contributed by atoms with Crippen molar-refractivity contribution in [3.05, 3.63) is 58.9 Å². The van der Waals surface area contributed by atoms with Crippen molar-refractivity contribution in [1.29, 1.82) is 0 Å². The van der Waals surface area contributed by atoms with Crippen molar-refractivity contribution in [1.82, 2.24) is 9.97 Å². The van der Waals surface area contributed by atoms with Crippen molar-refractivity contribution in [3.8, 4) is 0 Å². The van der Waals surface area contributed by atoms with Crippen LogP contribution in [0, 0.1) is 5.95 Å². The molecule has 0 amide bonds. The van der Waals surface area contributed by atoms with Gasteiger partial charge in [0, 0.05) is 18.0 Å². The Labute approximate surface area is 95.9 Å². The van der Waals surface area contributed by atoms with Gasteiger partial charge in [-0.3, -0.25) is 4.79 Å². The Morgan fingerprint density at radius 1 is 1.25 bits per heavy atom. The number of ketones is 1. The number of rotatable bonds is 2. The number of nitrogens with zero attached hydrogens (tertiary/aromatic N) is 2. The maximum Gasteiger partial charge on any atom is 0.224 e. The van der Waals surface area contributed by atoms with Gasteiger partial charge in [-0.2, -0.15) is 4.39 Å². The normalized spacial score (nSPS) is 10.1. The molecule has 0 aliphatic rings. The summed E-state index contributed by atoms with van der Waals surface area (Å²) in [5, 5.41) is 0.281. The van der Waals surface area contributed by atoms with E-state index in [0.717, 1.165) is 0 Å². The maximum atomic E-state index is 13.2. The lowest BCUT2D eigenvalue weighted by Gasteiger charge is -2.01. The Morgan fingerprint density at radius 2 is 2.06 bits per heavy atom. The average Bonchev–Trinajstić information content (AvgIpc) is 2.30. The summed E-state index contributed by atoms with van der Waals surface area (Å²) >= 11 is 5.58. The molecule has 3 nitrogen and oxygen atoms in total. The first-order valence-corrected chi connectivity index (χ1v) is 4.83. The van der Waals surface area contributed by atoms with E-state index in [0.29, 0.717) is 0 Å². The molecule has 2 heterocycles. The first-order valence-electron chi connectivity index (χ1n) is 4.45. The van der Waals surface area contributed by atoms with Crippen LogP contribution >= 0.6 is 11.6 Å². The number of carbonyl (C=O) groups excluding carboxylic acids is 1. The van der Waals surface area contributed by atoms with E-state index in [1.54, 1.807) is 0 Å². The van der Waals surface area contributed by atoms with E-state index in [1.165, 1.54) is 36.7 Å². The number of carbonyl (C=O) groups is 1. The fourth-order valence-electron chi connectivity index (χ4n) is 1.22. The second-order valence-electron chi connectivity index (χ2n) is 3.04. The topological polar surface area (TPSA) is 42.9 Å². The van der Waals surface area contributed by atoms with Crippen LogP contribution < -0.4 is 0 Å². The summed E-state index contributed by atoms with van der Waals surface area (Å²) in [5.74, 6) is -1.25. The Hall–Kier alpha value is -1.81. The minimum absolute atomic E-state index is 0.0772. The van der Waals surface area contributed by atoms with Gasteiger partial charge in [0.2, 0.25) is 5.95 Å². The molecule has 5 heteroatoms. The molecule has 16 heavy (non-hydrogen) atoms. The van der Waals surface area contributed by atoms with Crippen LogP contribution in [0.4, 0.5) is 4.39 Å². The summed E-state index contributed by atoms with van der Waals surface area (Å²) in [4.78, 5) is 19.0. The van der Waals surface area contributed by atoms with Crippen LogP contribution in [0.25, 0.3) is 0 Å². The van der Waals surface area contributed by atoms with Gasteiger partial charge in [-0.25, -0.2) is 9.97 Å². The quantitative estimate of drug-likeness (QED) is 0.594. The molecule has 0 atom stereocenters. The fraction of sp³-hybridized carbons (Fsp3) is 0. The van der Waals surface area contributed by atoms with E-state index in [9.17, 15) is 9.18 Å². The van der Waals surface area contributed by atoms with Gasteiger partial charge in [0.1, 0.15) is 5.15 Å². The van der Waals surface area contributed by atoms with Crippen LogP contribution in [0.1, 0.15) is 15.9 Å². The van der Waals surface area contributed by atoms with Gasteiger partial charge < -0.3 is 0 Å². The molecule has 0 unspecified atom stereocenters. The molecule has 0 saturated carbocycles. The zero-order chi connectivity index (χ0) is 11.5. The predicted octanol–water partition coefficient (Wildman–Crippen LogP) is 2.50. The molecule has 0 aliphatic heterocycles. The van der Waals surface area contributed by atoms with Crippen molar-refractivity contribution in [2.24, 2.45) is 0 Å². The van der Waals surface area contributed by atoms with Crippen molar-refractivity contribution >= 4 is 17.4 Å². The molecule has 2 aromatic rings. The maximum absolute atomic E-state index is 13.2. The van der Waals surface area contributed by atoms with E-state index in [-0.39, 0.29) is 16.3 Å². The number of pyridine rings is 2. The summed E-state index contributed by atoms with van der Waals surface area (Å²) in [7, 11) is 0. The number of hydrogen-bond donors (Lipinski definition) is 0. The smallest absolute Gasteiger partial charge is 0.224 e. The van der Waals surface area contributed by atoms with Crippen LogP contribution in [0.2, 0.25) is 5.15 Å². The highest BCUT2D eigenvalue weighted by Gasteiger charge is 2.14. The third-order valence-electron chi connectivity index (χ3n) is 1.99. The van der Waals surface area contributed by atoms with E-state index >= 15 is 0 Å². The lowest BCUT2D eigenvalue weighted by atomic mass is 10.1. The zero-order valence-corrected chi connectivity index (χ0v) is 8.78. The summed E-state index contributed by atoms with van der Waals surface area (Å²) < 4.78 is 13.2. The van der Waals surface area contributed by atoms with E-state index < -0.39 is 11.7 Å². The lowest BCUT2D eigenvalue weighted by molar-refractivity contribution is 0.103. The van der Waals surface area contributed by atoms with Gasteiger partial charge in [-0.1, -0.05) is 11.6 Å². The molecule has 0 saturated heterocycles. The van der Waals surface area contributed by atoms with E-state index in [4.69, 9.17) is 11.6 Å². The Balaban J connectivity index is 2.40. The molecule has 0 bridgehead atoms. The fourth-order valence-corrected chi connectivity index (χ4v) is 1.33. The largest absolute Gasteiger partial charge is 0.288 e. The molecule has 0 aromatic carbocycles. The Morgan fingerprint density at radius 3 is 2.69 bits per heavy atom. The van der Waals surface area contributed by atoms with Gasteiger partial charge in [-0.15, -0.1) is 0 Å². The molecule has 0 radical (unpaired) electrons. The second-order valence-corrected chi connectivity index (χ2v) is 3.43. The molecule has 0 spiro atoms. The van der Waals surface area contributed by atoms with Crippen LogP contribution in [-0.4, -0.2) is 15.8 Å². The second kappa shape index (κ2) is 4.37. The lowest BCUT2D eigenvalue weighted by Crippen LogP contribution is -2.05. The molecule has 2 aromatic heterocycles.